The molecule has 0 N–H and O–H groups in total. The average Bonchev–Trinajstić information content (AvgIpc) is 2.15. The van der Waals surface area contributed by atoms with Crippen LogP contribution in [0.1, 0.15) is 39.5 Å². The Balaban J connectivity index is 0. The third-order valence-electron chi connectivity index (χ3n) is 2.05. The predicted molar refractivity (Wildman–Crippen MR) is 68.7 cm³/mol. The quantitative estimate of drug-likeness (QED) is 0.382. The molecule has 0 aromatic rings. The number of likely N-dealkylation sites (N-methyl/N-ethyl adjacent to an activating group) is 1. The van der Waals surface area contributed by atoms with E-state index in [0.29, 0.717) is 6.61 Å². The molecule has 0 saturated carbocycles. The molecule has 5 nitrogen and oxygen atoms in total. The lowest BCUT2D eigenvalue weighted by Gasteiger charge is -2.23. The summed E-state index contributed by atoms with van der Waals surface area (Å²) in [5.41, 5.74) is 0. The Hall–Kier alpha value is -1.10. The first-order valence-electron chi connectivity index (χ1n) is 6.32. The third kappa shape index (κ3) is 24.2. The number of esters is 1. The van der Waals surface area contributed by atoms with Gasteiger partial charge in [0, 0.05) is 12.9 Å². The molecule has 0 aliphatic rings. The number of ether oxygens (including phenoxy) is 1. The summed E-state index contributed by atoms with van der Waals surface area (Å²) >= 11 is 0. The Bertz CT molecular complexity index is 234. The van der Waals surface area contributed by atoms with Crippen LogP contribution in [0.5, 0.6) is 0 Å². The van der Waals surface area contributed by atoms with E-state index in [9.17, 15) is 14.7 Å². The maximum atomic E-state index is 10.3. The summed E-state index contributed by atoms with van der Waals surface area (Å²) in [5, 5.41) is 9.76. The lowest BCUT2D eigenvalue weighted by molar-refractivity contribution is -0.870. The van der Waals surface area contributed by atoms with Crippen LogP contribution in [0.3, 0.4) is 0 Å². The molecular formula is C13H27NO4. The number of carbonyl (C=O) groups excluding carboxylic acids is 2. The van der Waals surface area contributed by atoms with Gasteiger partial charge in [0.1, 0.15) is 13.2 Å². The molecule has 0 aromatic carbocycles. The third-order valence-corrected chi connectivity index (χ3v) is 2.05. The Labute approximate surface area is 110 Å². The minimum Gasteiger partial charge on any atom is -0.550 e. The van der Waals surface area contributed by atoms with Crippen LogP contribution in [-0.4, -0.2) is 50.7 Å². The monoisotopic (exact) mass is 261 g/mol. The SMILES string of the molecule is CC(=O)OCC[N+](C)(C)C.CCCCCC(=O)[O-]. The number of unbranched alkanes of at least 4 members (excludes halogenated alkanes) is 2. The van der Waals surface area contributed by atoms with Gasteiger partial charge in [-0.3, -0.25) is 4.79 Å². The first-order valence-corrected chi connectivity index (χ1v) is 6.32. The first-order chi connectivity index (χ1) is 8.19. The van der Waals surface area contributed by atoms with E-state index in [1.807, 2.05) is 6.92 Å². The van der Waals surface area contributed by atoms with Gasteiger partial charge >= 0.3 is 5.97 Å². The van der Waals surface area contributed by atoms with Crippen molar-refractivity contribution in [2.24, 2.45) is 0 Å². The second kappa shape index (κ2) is 11.0. The lowest BCUT2D eigenvalue weighted by atomic mass is 10.2. The fourth-order valence-corrected chi connectivity index (χ4v) is 0.983. The number of carbonyl (C=O) groups is 2. The molecule has 0 saturated heterocycles. The van der Waals surface area contributed by atoms with E-state index < -0.39 is 5.97 Å². The summed E-state index contributed by atoms with van der Waals surface area (Å²) in [6, 6.07) is 0. The highest BCUT2D eigenvalue weighted by molar-refractivity contribution is 5.65. The van der Waals surface area contributed by atoms with E-state index in [-0.39, 0.29) is 12.4 Å². The van der Waals surface area contributed by atoms with Crippen molar-refractivity contribution in [3.8, 4) is 0 Å². The average molecular weight is 261 g/mol. The molecule has 0 aliphatic carbocycles. The molecule has 0 atom stereocenters. The number of hydrogen-bond acceptors (Lipinski definition) is 4. The van der Waals surface area contributed by atoms with Crippen molar-refractivity contribution < 1.29 is 23.9 Å². The van der Waals surface area contributed by atoms with E-state index in [0.717, 1.165) is 30.3 Å². The minimum absolute atomic E-state index is 0.201. The maximum absolute atomic E-state index is 10.3. The summed E-state index contributed by atoms with van der Waals surface area (Å²) in [6.45, 7) is 4.84. The molecule has 0 unspecified atom stereocenters. The zero-order chi connectivity index (χ0) is 14.6. The fourth-order valence-electron chi connectivity index (χ4n) is 0.983. The highest BCUT2D eigenvalue weighted by Crippen LogP contribution is 1.96. The van der Waals surface area contributed by atoms with Crippen LogP contribution < -0.4 is 5.11 Å². The van der Waals surface area contributed by atoms with Crippen molar-refractivity contribution in [2.75, 3.05) is 34.3 Å². The predicted octanol–water partition coefficient (Wildman–Crippen LogP) is 0.572. The molecule has 18 heavy (non-hydrogen) atoms. The number of quaternary nitrogens is 1. The zero-order valence-corrected chi connectivity index (χ0v) is 12.3. The molecule has 108 valence electrons. The molecule has 5 heteroatoms. The topological polar surface area (TPSA) is 66.4 Å². The van der Waals surface area contributed by atoms with Crippen LogP contribution in [0.4, 0.5) is 0 Å². The lowest BCUT2D eigenvalue weighted by Crippen LogP contribution is -2.37. The summed E-state index contributed by atoms with van der Waals surface area (Å²) < 4.78 is 5.59. The number of aliphatic carboxylic acids is 1. The smallest absolute Gasteiger partial charge is 0.302 e. The molecular weight excluding hydrogens is 234 g/mol. The molecule has 0 aliphatic heterocycles. The Kier molecular flexibility index (Phi) is 11.8. The van der Waals surface area contributed by atoms with Crippen LogP contribution in [0, 0.1) is 0 Å². The molecule has 0 spiro atoms. The van der Waals surface area contributed by atoms with Gasteiger partial charge in [-0.15, -0.1) is 0 Å². The maximum Gasteiger partial charge on any atom is 0.302 e. The number of nitrogens with zero attached hydrogens (tertiary/aromatic N) is 1. The number of carboxylic acid groups (broad SMARTS) is 1. The normalized spacial score (nSPS) is 10.3. The summed E-state index contributed by atoms with van der Waals surface area (Å²) in [4.78, 5) is 20.1. The number of rotatable bonds is 7. The van der Waals surface area contributed by atoms with Crippen molar-refractivity contribution in [3.63, 3.8) is 0 Å². The Morgan fingerprint density at radius 2 is 1.72 bits per heavy atom. The van der Waals surface area contributed by atoms with Gasteiger partial charge in [0.2, 0.25) is 0 Å². The summed E-state index contributed by atoms with van der Waals surface area (Å²) in [6.07, 6.45) is 3.04. The summed E-state index contributed by atoms with van der Waals surface area (Å²) in [7, 11) is 6.18. The van der Waals surface area contributed by atoms with Crippen LogP contribution in [-0.2, 0) is 14.3 Å². The van der Waals surface area contributed by atoms with Crippen LogP contribution >= 0.6 is 0 Å². The van der Waals surface area contributed by atoms with Crippen LogP contribution in [0.15, 0.2) is 0 Å². The van der Waals surface area contributed by atoms with E-state index in [2.05, 4.69) is 21.1 Å². The Morgan fingerprint density at radius 1 is 1.17 bits per heavy atom. The second-order valence-electron chi connectivity index (χ2n) is 5.18. The fraction of sp³-hybridized carbons (Fsp3) is 0.846. The van der Waals surface area contributed by atoms with E-state index in [1.54, 1.807) is 0 Å². The van der Waals surface area contributed by atoms with Crippen molar-refractivity contribution >= 4 is 11.9 Å². The highest BCUT2D eigenvalue weighted by atomic mass is 16.5. The van der Waals surface area contributed by atoms with E-state index in [1.165, 1.54) is 6.92 Å². The zero-order valence-electron chi connectivity index (χ0n) is 12.3. The summed E-state index contributed by atoms with van der Waals surface area (Å²) in [5.74, 6) is -1.13. The first kappa shape index (κ1) is 19.2. The second-order valence-corrected chi connectivity index (χ2v) is 5.18. The standard InChI is InChI=1S/C7H16NO2.C6H12O2/c1-7(9)10-6-5-8(2,3)4;1-2-3-4-5-6(7)8/h5-6H2,1-4H3;2-5H2,1H3,(H,7,8)/q+1;/p-1. The molecule has 0 rings (SSSR count). The van der Waals surface area contributed by atoms with Gasteiger partial charge in [-0.2, -0.15) is 0 Å². The van der Waals surface area contributed by atoms with Gasteiger partial charge in [-0.1, -0.05) is 19.8 Å². The van der Waals surface area contributed by atoms with Gasteiger partial charge in [0.05, 0.1) is 21.1 Å². The van der Waals surface area contributed by atoms with Crippen molar-refractivity contribution in [2.45, 2.75) is 39.5 Å². The van der Waals surface area contributed by atoms with Crippen LogP contribution in [0.2, 0.25) is 0 Å². The number of carboxylic acids is 1. The van der Waals surface area contributed by atoms with Crippen molar-refractivity contribution in [1.82, 2.24) is 0 Å². The largest absolute Gasteiger partial charge is 0.550 e. The van der Waals surface area contributed by atoms with Gasteiger partial charge in [0.15, 0.2) is 0 Å². The molecule has 0 heterocycles. The molecule has 0 bridgehead atoms. The molecule has 0 aromatic heterocycles. The van der Waals surface area contributed by atoms with Gasteiger partial charge < -0.3 is 19.1 Å². The molecule has 0 radical (unpaired) electrons. The van der Waals surface area contributed by atoms with E-state index in [4.69, 9.17) is 4.74 Å². The van der Waals surface area contributed by atoms with Crippen molar-refractivity contribution in [3.05, 3.63) is 0 Å². The van der Waals surface area contributed by atoms with Gasteiger partial charge in [-0.05, 0) is 12.8 Å². The van der Waals surface area contributed by atoms with Crippen LogP contribution in [0.25, 0.3) is 0 Å². The highest BCUT2D eigenvalue weighted by Gasteiger charge is 2.06. The minimum atomic E-state index is -0.932. The Morgan fingerprint density at radius 3 is 2.06 bits per heavy atom. The number of hydrogen-bond donors (Lipinski definition) is 0. The van der Waals surface area contributed by atoms with E-state index >= 15 is 0 Å². The van der Waals surface area contributed by atoms with Crippen molar-refractivity contribution in [1.29, 1.82) is 0 Å². The molecule has 0 fully saturated rings. The van der Waals surface area contributed by atoms with Gasteiger partial charge in [-0.25, -0.2) is 0 Å². The van der Waals surface area contributed by atoms with Gasteiger partial charge in [0.25, 0.3) is 0 Å². The molecule has 0 amide bonds.